The van der Waals surface area contributed by atoms with E-state index in [0.717, 1.165) is 19.6 Å². The van der Waals surface area contributed by atoms with E-state index in [1.807, 2.05) is 17.8 Å². The minimum Gasteiger partial charge on any atom is -0.370 e. The zero-order chi connectivity index (χ0) is 13.4. The van der Waals surface area contributed by atoms with E-state index in [1.165, 1.54) is 4.90 Å². The molecular formula is C14H23N3S. The second-order valence-electron chi connectivity index (χ2n) is 4.11. The van der Waals surface area contributed by atoms with Crippen LogP contribution in [0.5, 0.6) is 0 Å². The SMILES string of the molecule is CCN(CC)C(N)=NCC(C)Sc1ccccc1. The fourth-order valence-electron chi connectivity index (χ4n) is 1.64. The van der Waals surface area contributed by atoms with Crippen molar-refractivity contribution in [3.8, 4) is 0 Å². The lowest BCUT2D eigenvalue weighted by Gasteiger charge is -2.20. The third kappa shape index (κ3) is 5.00. The monoisotopic (exact) mass is 265 g/mol. The van der Waals surface area contributed by atoms with Crippen LogP contribution < -0.4 is 5.73 Å². The molecule has 4 heteroatoms. The zero-order valence-electron chi connectivity index (χ0n) is 11.5. The average molecular weight is 265 g/mol. The van der Waals surface area contributed by atoms with Crippen LogP contribution in [0, 0.1) is 0 Å². The fraction of sp³-hybridized carbons (Fsp3) is 0.500. The zero-order valence-corrected chi connectivity index (χ0v) is 12.3. The summed E-state index contributed by atoms with van der Waals surface area (Å²) in [7, 11) is 0. The largest absolute Gasteiger partial charge is 0.370 e. The number of rotatable bonds is 6. The highest BCUT2D eigenvalue weighted by atomic mass is 32.2. The highest BCUT2D eigenvalue weighted by Crippen LogP contribution is 2.22. The van der Waals surface area contributed by atoms with Gasteiger partial charge < -0.3 is 10.6 Å². The molecule has 0 aliphatic heterocycles. The summed E-state index contributed by atoms with van der Waals surface area (Å²) in [5, 5.41) is 0.432. The molecule has 0 bridgehead atoms. The average Bonchev–Trinajstić information content (AvgIpc) is 2.39. The van der Waals surface area contributed by atoms with Crippen LogP contribution in [0.3, 0.4) is 0 Å². The van der Waals surface area contributed by atoms with Gasteiger partial charge in [-0.15, -0.1) is 11.8 Å². The molecule has 1 aromatic carbocycles. The standard InChI is InChI=1S/C14H23N3S/c1-4-17(5-2)14(15)16-11-12(3)18-13-9-7-6-8-10-13/h6-10,12H,4-5,11H2,1-3H3,(H2,15,16). The van der Waals surface area contributed by atoms with Gasteiger partial charge in [0.2, 0.25) is 0 Å². The highest BCUT2D eigenvalue weighted by Gasteiger charge is 2.06. The quantitative estimate of drug-likeness (QED) is 0.488. The summed E-state index contributed by atoms with van der Waals surface area (Å²) in [5.74, 6) is 0.653. The first kappa shape index (κ1) is 14.9. The molecule has 0 saturated carbocycles. The second-order valence-corrected chi connectivity index (χ2v) is 5.62. The molecule has 0 amide bonds. The van der Waals surface area contributed by atoms with Gasteiger partial charge in [0.25, 0.3) is 0 Å². The van der Waals surface area contributed by atoms with Crippen molar-refractivity contribution in [2.45, 2.75) is 30.9 Å². The molecule has 0 aliphatic carbocycles. The van der Waals surface area contributed by atoms with E-state index in [2.05, 4.69) is 54.9 Å². The third-order valence-electron chi connectivity index (χ3n) is 2.68. The number of nitrogens with two attached hydrogens (primary N) is 1. The van der Waals surface area contributed by atoms with E-state index in [0.29, 0.717) is 11.2 Å². The maximum absolute atomic E-state index is 5.95. The van der Waals surface area contributed by atoms with Gasteiger partial charge in [0, 0.05) is 23.2 Å². The number of guanidine groups is 1. The lowest BCUT2D eigenvalue weighted by Crippen LogP contribution is -2.37. The van der Waals surface area contributed by atoms with Crippen LogP contribution in [0.15, 0.2) is 40.2 Å². The third-order valence-corrected chi connectivity index (χ3v) is 3.77. The normalized spacial score (nSPS) is 13.4. The Morgan fingerprint density at radius 1 is 1.28 bits per heavy atom. The van der Waals surface area contributed by atoms with E-state index in [1.54, 1.807) is 0 Å². The maximum atomic E-state index is 5.95. The predicted octanol–water partition coefficient (Wildman–Crippen LogP) is 2.82. The molecular weight excluding hydrogens is 242 g/mol. The molecule has 3 nitrogen and oxygen atoms in total. The van der Waals surface area contributed by atoms with Gasteiger partial charge in [-0.2, -0.15) is 0 Å². The van der Waals surface area contributed by atoms with Crippen LogP contribution in [0.25, 0.3) is 0 Å². The van der Waals surface area contributed by atoms with Crippen LogP contribution >= 0.6 is 11.8 Å². The minimum atomic E-state index is 0.432. The smallest absolute Gasteiger partial charge is 0.191 e. The van der Waals surface area contributed by atoms with Crippen LogP contribution in [-0.2, 0) is 0 Å². The predicted molar refractivity (Wildman–Crippen MR) is 81.2 cm³/mol. The summed E-state index contributed by atoms with van der Waals surface area (Å²) < 4.78 is 0. The Morgan fingerprint density at radius 2 is 1.89 bits per heavy atom. The van der Waals surface area contributed by atoms with Gasteiger partial charge in [-0.05, 0) is 26.0 Å². The van der Waals surface area contributed by atoms with Crippen molar-refractivity contribution in [2.75, 3.05) is 19.6 Å². The summed E-state index contributed by atoms with van der Waals surface area (Å²) >= 11 is 1.83. The summed E-state index contributed by atoms with van der Waals surface area (Å²) in [4.78, 5) is 7.81. The Balaban J connectivity index is 2.45. The highest BCUT2D eigenvalue weighted by molar-refractivity contribution is 8.00. The van der Waals surface area contributed by atoms with Gasteiger partial charge in [0.1, 0.15) is 0 Å². The summed E-state index contributed by atoms with van der Waals surface area (Å²) in [6.45, 7) is 8.93. The van der Waals surface area contributed by atoms with E-state index < -0.39 is 0 Å². The van der Waals surface area contributed by atoms with E-state index >= 15 is 0 Å². The molecule has 18 heavy (non-hydrogen) atoms. The lowest BCUT2D eigenvalue weighted by atomic mass is 10.4. The summed E-state index contributed by atoms with van der Waals surface area (Å²) in [6.07, 6.45) is 0. The topological polar surface area (TPSA) is 41.6 Å². The number of hydrogen-bond donors (Lipinski definition) is 1. The number of hydrogen-bond acceptors (Lipinski definition) is 2. The maximum Gasteiger partial charge on any atom is 0.191 e. The van der Waals surface area contributed by atoms with Crippen molar-refractivity contribution >= 4 is 17.7 Å². The number of aliphatic imine (C=N–C) groups is 1. The number of thioether (sulfide) groups is 1. The van der Waals surface area contributed by atoms with Gasteiger partial charge in [-0.25, -0.2) is 0 Å². The molecule has 100 valence electrons. The van der Waals surface area contributed by atoms with Crippen LogP contribution in [0.2, 0.25) is 0 Å². The fourth-order valence-corrected chi connectivity index (χ4v) is 2.57. The molecule has 0 aliphatic rings. The van der Waals surface area contributed by atoms with Crippen molar-refractivity contribution in [2.24, 2.45) is 10.7 Å². The minimum absolute atomic E-state index is 0.432. The first-order chi connectivity index (χ1) is 8.67. The lowest BCUT2D eigenvalue weighted by molar-refractivity contribution is 0.458. The Bertz CT molecular complexity index is 361. The van der Waals surface area contributed by atoms with Crippen molar-refractivity contribution < 1.29 is 0 Å². The Kier molecular flexibility index (Phi) is 6.65. The van der Waals surface area contributed by atoms with Crippen LogP contribution in [0.4, 0.5) is 0 Å². The molecule has 1 atom stereocenters. The van der Waals surface area contributed by atoms with Crippen molar-refractivity contribution in [3.63, 3.8) is 0 Å². The summed E-state index contributed by atoms with van der Waals surface area (Å²) in [6, 6.07) is 10.4. The van der Waals surface area contributed by atoms with Crippen molar-refractivity contribution in [1.29, 1.82) is 0 Å². The van der Waals surface area contributed by atoms with E-state index in [9.17, 15) is 0 Å². The van der Waals surface area contributed by atoms with E-state index in [4.69, 9.17) is 5.73 Å². The van der Waals surface area contributed by atoms with Crippen LogP contribution in [-0.4, -0.2) is 35.7 Å². The second kappa shape index (κ2) is 8.03. The molecule has 1 unspecified atom stereocenters. The van der Waals surface area contributed by atoms with Crippen molar-refractivity contribution in [3.05, 3.63) is 30.3 Å². The molecule has 0 fully saturated rings. The van der Waals surface area contributed by atoms with Gasteiger partial charge >= 0.3 is 0 Å². The van der Waals surface area contributed by atoms with Gasteiger partial charge in [0.05, 0.1) is 6.54 Å². The van der Waals surface area contributed by atoms with Crippen LogP contribution in [0.1, 0.15) is 20.8 Å². The molecule has 0 radical (unpaired) electrons. The van der Waals surface area contributed by atoms with Gasteiger partial charge in [-0.3, -0.25) is 4.99 Å². The van der Waals surface area contributed by atoms with Gasteiger partial charge in [-0.1, -0.05) is 25.1 Å². The van der Waals surface area contributed by atoms with Gasteiger partial charge in [0.15, 0.2) is 5.96 Å². The molecule has 0 heterocycles. The molecule has 0 saturated heterocycles. The van der Waals surface area contributed by atoms with Crippen molar-refractivity contribution in [1.82, 2.24) is 4.90 Å². The number of benzene rings is 1. The Labute approximate surface area is 114 Å². The molecule has 0 spiro atoms. The first-order valence-electron chi connectivity index (χ1n) is 6.43. The number of nitrogens with zero attached hydrogens (tertiary/aromatic N) is 2. The molecule has 0 aromatic heterocycles. The molecule has 1 rings (SSSR count). The molecule has 2 N–H and O–H groups in total. The Hall–Kier alpha value is -1.16. The molecule has 1 aromatic rings. The Morgan fingerprint density at radius 3 is 2.44 bits per heavy atom. The first-order valence-corrected chi connectivity index (χ1v) is 7.31. The van der Waals surface area contributed by atoms with E-state index in [-0.39, 0.29) is 0 Å². The summed E-state index contributed by atoms with van der Waals surface area (Å²) in [5.41, 5.74) is 5.95.